The molecule has 0 aliphatic rings. The monoisotopic (exact) mass is 252 g/mol. The standard InChI is InChI=1S/C11H12N2O3S/c1-3-17(15,16)13(2)11(14)10-6-4-9(8-12)5-7-10/h4-7H,3H2,1-2H3. The zero-order valence-corrected chi connectivity index (χ0v) is 10.4. The molecule has 0 spiro atoms. The largest absolute Gasteiger partial charge is 0.268 e. The van der Waals surface area contributed by atoms with Crippen molar-refractivity contribution in [3.63, 3.8) is 0 Å². The van der Waals surface area contributed by atoms with Crippen molar-refractivity contribution < 1.29 is 13.2 Å². The van der Waals surface area contributed by atoms with E-state index in [0.29, 0.717) is 9.87 Å². The Labute approximate surface area is 100 Å². The number of benzene rings is 1. The van der Waals surface area contributed by atoms with Crippen molar-refractivity contribution in [1.82, 2.24) is 4.31 Å². The van der Waals surface area contributed by atoms with Gasteiger partial charge in [-0.15, -0.1) is 0 Å². The molecule has 90 valence electrons. The van der Waals surface area contributed by atoms with Gasteiger partial charge in [-0.25, -0.2) is 12.7 Å². The van der Waals surface area contributed by atoms with Gasteiger partial charge in [-0.1, -0.05) is 0 Å². The molecule has 17 heavy (non-hydrogen) atoms. The Morgan fingerprint density at radius 2 is 1.88 bits per heavy atom. The molecule has 5 nitrogen and oxygen atoms in total. The number of hydrogen-bond donors (Lipinski definition) is 0. The average Bonchev–Trinajstić information content (AvgIpc) is 2.37. The van der Waals surface area contributed by atoms with Gasteiger partial charge in [0, 0.05) is 12.6 Å². The van der Waals surface area contributed by atoms with Crippen LogP contribution in [0.3, 0.4) is 0 Å². The first kappa shape index (κ1) is 13.2. The van der Waals surface area contributed by atoms with Gasteiger partial charge in [-0.2, -0.15) is 5.26 Å². The van der Waals surface area contributed by atoms with Crippen LogP contribution in [0.15, 0.2) is 24.3 Å². The molecule has 0 unspecified atom stereocenters. The molecular weight excluding hydrogens is 240 g/mol. The maximum Gasteiger partial charge on any atom is 0.267 e. The Morgan fingerprint density at radius 1 is 1.35 bits per heavy atom. The van der Waals surface area contributed by atoms with Crippen LogP contribution in [0.2, 0.25) is 0 Å². The lowest BCUT2D eigenvalue weighted by Gasteiger charge is -2.16. The van der Waals surface area contributed by atoms with Crippen molar-refractivity contribution in [2.45, 2.75) is 6.92 Å². The summed E-state index contributed by atoms with van der Waals surface area (Å²) in [5.41, 5.74) is 0.658. The van der Waals surface area contributed by atoms with Gasteiger partial charge in [0.15, 0.2) is 0 Å². The lowest BCUT2D eigenvalue weighted by Crippen LogP contribution is -2.34. The number of nitriles is 1. The van der Waals surface area contributed by atoms with Gasteiger partial charge in [0.05, 0.1) is 17.4 Å². The number of rotatable bonds is 3. The third kappa shape index (κ3) is 2.82. The lowest BCUT2D eigenvalue weighted by molar-refractivity contribution is 0.0883. The summed E-state index contributed by atoms with van der Waals surface area (Å²) in [6.45, 7) is 1.47. The van der Waals surface area contributed by atoms with Crippen LogP contribution < -0.4 is 0 Å². The summed E-state index contributed by atoms with van der Waals surface area (Å²) in [5, 5.41) is 8.60. The molecule has 0 fully saturated rings. The van der Waals surface area contributed by atoms with Crippen molar-refractivity contribution in [1.29, 1.82) is 5.26 Å². The molecule has 0 heterocycles. The summed E-state index contributed by atoms with van der Waals surface area (Å²) in [6, 6.07) is 7.73. The molecule has 1 aromatic rings. The molecule has 6 heteroatoms. The first-order valence-electron chi connectivity index (χ1n) is 4.93. The molecule has 1 amide bonds. The Bertz CT molecular complexity index is 555. The topological polar surface area (TPSA) is 78.2 Å². The number of hydrogen-bond acceptors (Lipinski definition) is 4. The predicted molar refractivity (Wildman–Crippen MR) is 62.7 cm³/mol. The van der Waals surface area contributed by atoms with E-state index in [1.54, 1.807) is 0 Å². The number of carbonyl (C=O) groups is 1. The zero-order chi connectivity index (χ0) is 13.1. The molecule has 0 saturated heterocycles. The SMILES string of the molecule is CCS(=O)(=O)N(C)C(=O)c1ccc(C#N)cc1. The van der Waals surface area contributed by atoms with Gasteiger partial charge in [0.25, 0.3) is 5.91 Å². The highest BCUT2D eigenvalue weighted by Gasteiger charge is 2.22. The summed E-state index contributed by atoms with van der Waals surface area (Å²) < 4.78 is 23.7. The van der Waals surface area contributed by atoms with Crippen molar-refractivity contribution in [3.05, 3.63) is 35.4 Å². The summed E-state index contributed by atoms with van der Waals surface area (Å²) >= 11 is 0. The predicted octanol–water partition coefficient (Wildman–Crippen LogP) is 0.980. The second-order valence-corrected chi connectivity index (χ2v) is 5.65. The number of carbonyl (C=O) groups excluding carboxylic acids is 1. The smallest absolute Gasteiger partial charge is 0.267 e. The van der Waals surface area contributed by atoms with Crippen LogP contribution >= 0.6 is 0 Å². The van der Waals surface area contributed by atoms with Crippen LogP contribution in [0.25, 0.3) is 0 Å². The van der Waals surface area contributed by atoms with E-state index in [0.717, 1.165) is 0 Å². The van der Waals surface area contributed by atoms with Gasteiger partial charge < -0.3 is 0 Å². The maximum absolute atomic E-state index is 11.8. The molecule has 1 rings (SSSR count). The van der Waals surface area contributed by atoms with Crippen LogP contribution in [0, 0.1) is 11.3 Å². The third-order valence-corrected chi connectivity index (χ3v) is 4.06. The minimum Gasteiger partial charge on any atom is -0.268 e. The highest BCUT2D eigenvalue weighted by atomic mass is 32.2. The van der Waals surface area contributed by atoms with Crippen LogP contribution in [-0.2, 0) is 10.0 Å². The Morgan fingerprint density at radius 3 is 2.29 bits per heavy atom. The molecule has 0 N–H and O–H groups in total. The minimum atomic E-state index is -3.54. The fourth-order valence-corrected chi connectivity index (χ4v) is 1.93. The summed E-state index contributed by atoms with van der Waals surface area (Å²) in [5.74, 6) is -0.734. The molecule has 1 aromatic carbocycles. The molecule has 0 atom stereocenters. The highest BCUT2D eigenvalue weighted by molar-refractivity contribution is 7.89. The van der Waals surface area contributed by atoms with E-state index in [-0.39, 0.29) is 11.3 Å². The van der Waals surface area contributed by atoms with E-state index in [2.05, 4.69) is 0 Å². The zero-order valence-electron chi connectivity index (χ0n) is 9.54. The molecule has 0 bridgehead atoms. The molecule has 0 aromatic heterocycles. The number of nitrogens with zero attached hydrogens (tertiary/aromatic N) is 2. The Hall–Kier alpha value is -1.87. The van der Waals surface area contributed by atoms with Crippen molar-refractivity contribution in [3.8, 4) is 6.07 Å². The van der Waals surface area contributed by atoms with E-state index in [4.69, 9.17) is 5.26 Å². The fourth-order valence-electron chi connectivity index (χ4n) is 1.19. The Balaban J connectivity index is 3.02. The van der Waals surface area contributed by atoms with E-state index in [1.807, 2.05) is 6.07 Å². The van der Waals surface area contributed by atoms with E-state index in [1.165, 1.54) is 38.2 Å². The Kier molecular flexibility index (Phi) is 3.86. The summed E-state index contributed by atoms with van der Waals surface area (Å²) in [6.07, 6.45) is 0. The molecule has 0 aliphatic carbocycles. The van der Waals surface area contributed by atoms with Crippen LogP contribution in [0.1, 0.15) is 22.8 Å². The third-order valence-electron chi connectivity index (χ3n) is 2.33. The van der Waals surface area contributed by atoms with Crippen molar-refractivity contribution >= 4 is 15.9 Å². The van der Waals surface area contributed by atoms with Crippen LogP contribution in [-0.4, -0.2) is 31.4 Å². The highest BCUT2D eigenvalue weighted by Crippen LogP contribution is 2.09. The average molecular weight is 252 g/mol. The van der Waals surface area contributed by atoms with Crippen molar-refractivity contribution in [2.24, 2.45) is 0 Å². The van der Waals surface area contributed by atoms with E-state index < -0.39 is 15.9 Å². The summed E-state index contributed by atoms with van der Waals surface area (Å²) in [4.78, 5) is 11.8. The minimum absolute atomic E-state index is 0.133. The first-order valence-corrected chi connectivity index (χ1v) is 6.54. The van der Waals surface area contributed by atoms with Crippen LogP contribution in [0.5, 0.6) is 0 Å². The normalized spacial score (nSPS) is 10.6. The molecule has 0 saturated carbocycles. The molecular formula is C11H12N2O3S. The van der Waals surface area contributed by atoms with Gasteiger partial charge >= 0.3 is 0 Å². The maximum atomic E-state index is 11.8. The summed E-state index contributed by atoms with van der Waals surface area (Å²) in [7, 11) is -2.32. The van der Waals surface area contributed by atoms with Gasteiger partial charge in [-0.3, -0.25) is 4.79 Å². The van der Waals surface area contributed by atoms with E-state index >= 15 is 0 Å². The number of sulfonamides is 1. The second kappa shape index (κ2) is 4.97. The quantitative estimate of drug-likeness (QED) is 0.803. The van der Waals surface area contributed by atoms with Crippen molar-refractivity contribution in [2.75, 3.05) is 12.8 Å². The van der Waals surface area contributed by atoms with Crippen LogP contribution in [0.4, 0.5) is 0 Å². The van der Waals surface area contributed by atoms with Gasteiger partial charge in [0.2, 0.25) is 10.0 Å². The fraction of sp³-hybridized carbons (Fsp3) is 0.273. The molecule has 0 aliphatic heterocycles. The molecule has 0 radical (unpaired) electrons. The van der Waals surface area contributed by atoms with Gasteiger partial charge in [0.1, 0.15) is 0 Å². The number of amides is 1. The van der Waals surface area contributed by atoms with Gasteiger partial charge in [-0.05, 0) is 31.2 Å². The van der Waals surface area contributed by atoms with E-state index in [9.17, 15) is 13.2 Å². The second-order valence-electron chi connectivity index (χ2n) is 3.36. The first-order chi connectivity index (χ1) is 7.92. The lowest BCUT2D eigenvalue weighted by atomic mass is 10.1.